The van der Waals surface area contributed by atoms with E-state index in [9.17, 15) is 4.79 Å². The molecule has 0 radical (unpaired) electrons. The lowest BCUT2D eigenvalue weighted by Crippen LogP contribution is -2.34. The third-order valence-electron chi connectivity index (χ3n) is 2.75. The predicted octanol–water partition coefficient (Wildman–Crippen LogP) is 1.78. The van der Waals surface area contributed by atoms with Crippen LogP contribution in [0.3, 0.4) is 0 Å². The minimum Gasteiger partial charge on any atom is -0.399 e. The number of hydrogen-bond donors (Lipinski definition) is 1. The summed E-state index contributed by atoms with van der Waals surface area (Å²) in [4.78, 5) is 13.5. The van der Waals surface area contributed by atoms with Crippen molar-refractivity contribution >= 4 is 11.6 Å². The number of nitrogens with zero attached hydrogens (tertiary/aromatic N) is 1. The van der Waals surface area contributed by atoms with Gasteiger partial charge in [-0.25, -0.2) is 0 Å². The molecule has 1 saturated heterocycles. The highest BCUT2D eigenvalue weighted by Gasteiger charge is 2.17. The van der Waals surface area contributed by atoms with Gasteiger partial charge in [0.1, 0.15) is 0 Å². The summed E-state index contributed by atoms with van der Waals surface area (Å²) in [5, 5.41) is 0. The van der Waals surface area contributed by atoms with Crippen LogP contribution in [0.15, 0.2) is 24.3 Å². The fraction of sp³-hybridized carbons (Fsp3) is 0.417. The molecule has 0 aliphatic carbocycles. The Morgan fingerprint density at radius 2 is 2.20 bits per heavy atom. The zero-order valence-corrected chi connectivity index (χ0v) is 8.78. The van der Waals surface area contributed by atoms with Crippen molar-refractivity contribution < 1.29 is 4.79 Å². The number of anilines is 1. The lowest BCUT2D eigenvalue weighted by Gasteiger charge is -2.26. The van der Waals surface area contributed by atoms with Gasteiger partial charge >= 0.3 is 0 Å². The normalized spacial score (nSPS) is 16.8. The monoisotopic (exact) mass is 204 g/mol. The van der Waals surface area contributed by atoms with Crippen molar-refractivity contribution in [2.45, 2.75) is 25.8 Å². The first-order valence-electron chi connectivity index (χ1n) is 5.38. The summed E-state index contributed by atoms with van der Waals surface area (Å²) in [6, 6.07) is 7.74. The van der Waals surface area contributed by atoms with E-state index in [1.165, 1.54) is 0 Å². The first-order chi connectivity index (χ1) is 7.25. The number of carbonyl (C=O) groups excluding carboxylic acids is 1. The summed E-state index contributed by atoms with van der Waals surface area (Å²) >= 11 is 0. The van der Waals surface area contributed by atoms with Crippen LogP contribution < -0.4 is 5.73 Å². The number of nitrogen functional groups attached to an aromatic ring is 1. The first-order valence-corrected chi connectivity index (χ1v) is 5.38. The van der Waals surface area contributed by atoms with E-state index in [1.807, 2.05) is 29.2 Å². The van der Waals surface area contributed by atoms with Crippen LogP contribution in [-0.4, -0.2) is 17.4 Å². The summed E-state index contributed by atoms with van der Waals surface area (Å²) in [5.41, 5.74) is 7.57. The smallest absolute Gasteiger partial charge is 0.222 e. The van der Waals surface area contributed by atoms with Crippen LogP contribution in [0.4, 0.5) is 5.69 Å². The number of piperidine rings is 1. The van der Waals surface area contributed by atoms with E-state index in [0.717, 1.165) is 30.6 Å². The third-order valence-corrected chi connectivity index (χ3v) is 2.75. The molecule has 3 nitrogen and oxygen atoms in total. The number of likely N-dealkylation sites (tertiary alicyclic amines) is 1. The largest absolute Gasteiger partial charge is 0.399 e. The number of benzene rings is 1. The molecule has 2 N–H and O–H groups in total. The molecule has 2 rings (SSSR count). The highest BCUT2D eigenvalue weighted by Crippen LogP contribution is 2.15. The van der Waals surface area contributed by atoms with Crippen molar-refractivity contribution in [2.75, 3.05) is 12.3 Å². The predicted molar refractivity (Wildman–Crippen MR) is 60.1 cm³/mol. The van der Waals surface area contributed by atoms with E-state index in [0.29, 0.717) is 13.0 Å². The van der Waals surface area contributed by atoms with Gasteiger partial charge in [0.15, 0.2) is 0 Å². The summed E-state index contributed by atoms with van der Waals surface area (Å²) < 4.78 is 0. The van der Waals surface area contributed by atoms with Gasteiger partial charge in [-0.2, -0.15) is 0 Å². The Labute approximate surface area is 89.9 Å². The number of nitrogens with two attached hydrogens (primary N) is 1. The average Bonchev–Trinajstić information content (AvgIpc) is 2.22. The summed E-state index contributed by atoms with van der Waals surface area (Å²) in [7, 11) is 0. The van der Waals surface area contributed by atoms with Crippen molar-refractivity contribution in [2.24, 2.45) is 0 Å². The van der Waals surface area contributed by atoms with Gasteiger partial charge in [-0.05, 0) is 30.5 Å². The van der Waals surface area contributed by atoms with Gasteiger partial charge < -0.3 is 10.6 Å². The molecule has 0 unspecified atom stereocenters. The molecule has 1 fully saturated rings. The minimum atomic E-state index is 0.267. The van der Waals surface area contributed by atoms with Crippen LogP contribution >= 0.6 is 0 Å². The van der Waals surface area contributed by atoms with Gasteiger partial charge in [-0.3, -0.25) is 4.79 Å². The molecule has 80 valence electrons. The van der Waals surface area contributed by atoms with E-state index < -0.39 is 0 Å². The van der Waals surface area contributed by atoms with Gasteiger partial charge in [0.2, 0.25) is 5.91 Å². The Bertz CT molecular complexity index is 362. The summed E-state index contributed by atoms with van der Waals surface area (Å²) in [6.07, 6.45) is 2.85. The topological polar surface area (TPSA) is 46.3 Å². The molecule has 0 saturated carbocycles. The van der Waals surface area contributed by atoms with Gasteiger partial charge in [0, 0.05) is 25.2 Å². The van der Waals surface area contributed by atoms with Crippen LogP contribution in [0.1, 0.15) is 24.8 Å². The Morgan fingerprint density at radius 1 is 1.33 bits per heavy atom. The standard InChI is InChI=1S/C12H16N2O/c13-11-5-3-4-10(8-11)9-14-7-2-1-6-12(14)15/h3-5,8H,1-2,6-7,9,13H2. The van der Waals surface area contributed by atoms with Crippen LogP contribution in [0.5, 0.6) is 0 Å². The molecule has 1 heterocycles. The molecular weight excluding hydrogens is 188 g/mol. The van der Waals surface area contributed by atoms with E-state index >= 15 is 0 Å². The zero-order chi connectivity index (χ0) is 10.7. The molecular formula is C12H16N2O. The maximum Gasteiger partial charge on any atom is 0.222 e. The fourth-order valence-electron chi connectivity index (χ4n) is 1.94. The maximum atomic E-state index is 11.6. The fourth-order valence-corrected chi connectivity index (χ4v) is 1.94. The maximum absolute atomic E-state index is 11.6. The first kappa shape index (κ1) is 10.0. The van der Waals surface area contributed by atoms with Crippen LogP contribution in [0, 0.1) is 0 Å². The van der Waals surface area contributed by atoms with Gasteiger partial charge in [0.05, 0.1) is 0 Å². The second-order valence-electron chi connectivity index (χ2n) is 4.02. The van der Waals surface area contributed by atoms with Crippen LogP contribution in [0.2, 0.25) is 0 Å². The molecule has 0 bridgehead atoms. The molecule has 3 heteroatoms. The lowest BCUT2D eigenvalue weighted by atomic mass is 10.1. The number of carbonyl (C=O) groups is 1. The van der Waals surface area contributed by atoms with Gasteiger partial charge in [-0.15, -0.1) is 0 Å². The molecule has 1 amide bonds. The third kappa shape index (κ3) is 2.49. The molecule has 0 atom stereocenters. The van der Waals surface area contributed by atoms with Crippen molar-refractivity contribution in [3.05, 3.63) is 29.8 Å². The SMILES string of the molecule is Nc1cccc(CN2CCCCC2=O)c1. The average molecular weight is 204 g/mol. The zero-order valence-electron chi connectivity index (χ0n) is 8.78. The van der Waals surface area contributed by atoms with Crippen LogP contribution in [-0.2, 0) is 11.3 Å². The van der Waals surface area contributed by atoms with Crippen LogP contribution in [0.25, 0.3) is 0 Å². The quantitative estimate of drug-likeness (QED) is 0.746. The molecule has 1 aliphatic rings. The Hall–Kier alpha value is -1.51. The number of amides is 1. The van der Waals surface area contributed by atoms with Crippen molar-refractivity contribution in [3.8, 4) is 0 Å². The summed E-state index contributed by atoms with van der Waals surface area (Å²) in [6.45, 7) is 1.58. The van der Waals surface area contributed by atoms with E-state index in [4.69, 9.17) is 5.73 Å². The molecule has 15 heavy (non-hydrogen) atoms. The highest BCUT2D eigenvalue weighted by atomic mass is 16.2. The molecule has 1 aromatic rings. The molecule has 0 aromatic heterocycles. The van der Waals surface area contributed by atoms with Crippen molar-refractivity contribution in [1.29, 1.82) is 0 Å². The molecule has 0 spiro atoms. The van der Waals surface area contributed by atoms with Crippen molar-refractivity contribution in [3.63, 3.8) is 0 Å². The Kier molecular flexibility index (Phi) is 2.90. The second-order valence-corrected chi connectivity index (χ2v) is 4.02. The highest BCUT2D eigenvalue weighted by molar-refractivity contribution is 5.76. The molecule has 1 aliphatic heterocycles. The van der Waals surface area contributed by atoms with Gasteiger partial charge in [-0.1, -0.05) is 12.1 Å². The lowest BCUT2D eigenvalue weighted by molar-refractivity contribution is -0.133. The number of hydrogen-bond acceptors (Lipinski definition) is 2. The van der Waals surface area contributed by atoms with Gasteiger partial charge in [0.25, 0.3) is 0 Å². The molecule has 1 aromatic carbocycles. The number of rotatable bonds is 2. The summed E-state index contributed by atoms with van der Waals surface area (Å²) in [5.74, 6) is 0.267. The minimum absolute atomic E-state index is 0.267. The second kappa shape index (κ2) is 4.34. The van der Waals surface area contributed by atoms with E-state index in [1.54, 1.807) is 0 Å². The van der Waals surface area contributed by atoms with E-state index in [2.05, 4.69) is 0 Å². The van der Waals surface area contributed by atoms with Crippen molar-refractivity contribution in [1.82, 2.24) is 4.90 Å². The van der Waals surface area contributed by atoms with E-state index in [-0.39, 0.29) is 5.91 Å². The Morgan fingerprint density at radius 3 is 2.93 bits per heavy atom. The Balaban J connectivity index is 2.04.